The van der Waals surface area contributed by atoms with Crippen LogP contribution in [0.3, 0.4) is 0 Å². The minimum Gasteiger partial charge on any atom is -0.857 e. The van der Waals surface area contributed by atoms with Crippen LogP contribution in [0.15, 0.2) is 112 Å². The van der Waals surface area contributed by atoms with Crippen LogP contribution < -0.4 is 41.8 Å². The lowest BCUT2D eigenvalue weighted by Crippen LogP contribution is -2.41. The first-order valence-corrected chi connectivity index (χ1v) is 28.2. The molecule has 0 unspecified atom stereocenters. The maximum absolute atomic E-state index is 13.9. The normalized spacial score (nSPS) is 13.4. The number of carboxylic acid groups (broad SMARTS) is 1. The molecule has 34 heteroatoms. The number of nitrogens with zero attached hydrogens (tertiary/aromatic N) is 9. The summed E-state index contributed by atoms with van der Waals surface area (Å²) in [5, 5.41) is 43.2. The molecule has 486 valence electrons. The van der Waals surface area contributed by atoms with Crippen LogP contribution in [0.1, 0.15) is 79.0 Å². The first kappa shape index (κ1) is 67.3. The van der Waals surface area contributed by atoms with Gasteiger partial charge in [0.25, 0.3) is 35.4 Å². The van der Waals surface area contributed by atoms with Crippen molar-refractivity contribution < 1.29 is 79.9 Å². The minimum atomic E-state index is -1.36. The molecule has 2 aliphatic heterocycles. The highest BCUT2D eigenvalue weighted by molar-refractivity contribution is 6.24. The van der Waals surface area contributed by atoms with Crippen LogP contribution in [0.2, 0.25) is 0 Å². The first-order valence-electron chi connectivity index (χ1n) is 27.8. The SMILES string of the molecule is Cn1cc(NC(=O)c2cc(NC(=O)c3cc(NC(=O)c4ccc(F)cc4F)no3)cn2C)cc1C(=O)NCCN1CCOCC1.Cn1cc(NCl)cc1C(=O)Nc1cc(C([O-])=NCCN2CCOCC2)n(C)c1.O=C(O)c1cc(NC(=O)c2ccc(F)cc2F)no1. The third kappa shape index (κ3) is 18.3. The standard InChI is InChI=1S/C29H30F2N8O6.C18H25ClN6O3.C11H6F2N2O4/c1-37-15-18(12-22(37)27(41)32-5-6-39-7-9-44-10-8-39)33-28(42)23-13-19(16-38(23)2)34-29(43)24-14-25(36-45-24)35-26(40)20-4-3-17(30)11-21(20)31;1-23-11-13(21-18(27)16-10-14(22-19)12-24(16)2)9-15(23)17(26)20-3-4-25-5-7-28-8-6-25;12-5-1-2-6(7(13)3-5)10(16)14-9-4-8(11(17)18)19-15-9/h3-4,11-16H,5-10H2,1-2H3,(H,32,41)(H,33,42)(H,34,43)(H,35,36,40);9-12,22H,3-8H2,1-2H3,(H,20,26)(H,21,27);1-4H,(H,17,18)(H,14,15,16)/p-1. The van der Waals surface area contributed by atoms with E-state index in [1.807, 2.05) is 0 Å². The predicted octanol–water partition coefficient (Wildman–Crippen LogP) is 4.97. The van der Waals surface area contributed by atoms with Gasteiger partial charge in [-0.15, -0.1) is 0 Å². The molecule has 8 heterocycles. The highest BCUT2D eigenvalue weighted by Crippen LogP contribution is 2.22. The summed E-state index contributed by atoms with van der Waals surface area (Å²) >= 11 is 5.57. The molecule has 2 aliphatic rings. The van der Waals surface area contributed by atoms with Gasteiger partial charge < -0.3 is 78.9 Å². The van der Waals surface area contributed by atoms with E-state index in [9.17, 15) is 56.2 Å². The molecule has 0 atom stereocenters. The summed E-state index contributed by atoms with van der Waals surface area (Å²) in [4.78, 5) is 96.4. The Bertz CT molecular complexity index is 4010. The molecule has 0 saturated carbocycles. The molecule has 0 bridgehead atoms. The van der Waals surface area contributed by atoms with Crippen molar-refractivity contribution in [3.8, 4) is 0 Å². The molecule has 2 fully saturated rings. The Morgan fingerprint density at radius 2 is 0.946 bits per heavy atom. The molecule has 10 rings (SSSR count). The van der Waals surface area contributed by atoms with Crippen LogP contribution in [0.4, 0.5) is 51.9 Å². The number of aromatic nitrogens is 6. The van der Waals surface area contributed by atoms with E-state index in [0.717, 1.165) is 82.3 Å². The van der Waals surface area contributed by atoms with E-state index in [1.54, 1.807) is 78.7 Å². The summed E-state index contributed by atoms with van der Waals surface area (Å²) in [6, 6.07) is 13.2. The van der Waals surface area contributed by atoms with Gasteiger partial charge in [0.1, 0.15) is 40.4 Å². The Morgan fingerprint density at radius 1 is 0.533 bits per heavy atom. The van der Waals surface area contributed by atoms with Gasteiger partial charge in [0.15, 0.2) is 11.6 Å². The van der Waals surface area contributed by atoms with Crippen molar-refractivity contribution >= 4 is 93.5 Å². The molecule has 2 aromatic carbocycles. The highest BCUT2D eigenvalue weighted by atomic mass is 35.5. The molecule has 29 nitrogen and oxygen atoms in total. The third-order valence-electron chi connectivity index (χ3n) is 13.7. The summed E-state index contributed by atoms with van der Waals surface area (Å²) in [6.45, 7) is 8.53. The second kappa shape index (κ2) is 31.2. The quantitative estimate of drug-likeness (QED) is 0.0216. The number of ether oxygens (including phenoxy) is 2. The van der Waals surface area contributed by atoms with E-state index in [2.05, 4.69) is 66.4 Å². The number of nitrogens with one attached hydrogen (secondary N) is 7. The molecule has 0 radical (unpaired) electrons. The van der Waals surface area contributed by atoms with Gasteiger partial charge in [0.05, 0.1) is 72.5 Å². The van der Waals surface area contributed by atoms with Crippen LogP contribution >= 0.6 is 11.8 Å². The van der Waals surface area contributed by atoms with Crippen LogP contribution in [-0.2, 0) is 37.7 Å². The third-order valence-corrected chi connectivity index (χ3v) is 13.9. The van der Waals surface area contributed by atoms with E-state index in [0.29, 0.717) is 79.1 Å². The first-order chi connectivity index (χ1) is 44.0. The zero-order valence-corrected chi connectivity index (χ0v) is 50.2. The lowest BCUT2D eigenvalue weighted by atomic mass is 10.2. The van der Waals surface area contributed by atoms with Crippen LogP contribution in [0.25, 0.3) is 0 Å². The fourth-order valence-corrected chi connectivity index (χ4v) is 9.12. The number of anilines is 6. The van der Waals surface area contributed by atoms with E-state index < -0.39 is 69.8 Å². The number of carbonyl (C=O) groups is 7. The summed E-state index contributed by atoms with van der Waals surface area (Å²) in [6.07, 6.45) is 6.51. The van der Waals surface area contributed by atoms with Crippen LogP contribution in [-0.4, -0.2) is 170 Å². The zero-order valence-electron chi connectivity index (χ0n) is 49.5. The molecule has 0 aliphatic carbocycles. The Labute approximate surface area is 524 Å². The fraction of sp³-hybridized carbons (Fsp3) is 0.276. The van der Waals surface area contributed by atoms with Gasteiger partial charge >= 0.3 is 5.97 Å². The molecular weight excluding hydrogens is 1240 g/mol. The molecule has 8 aromatic rings. The number of aliphatic imine (C=N–C) groups is 1. The maximum Gasteiger partial charge on any atom is 0.374 e. The summed E-state index contributed by atoms with van der Waals surface area (Å²) < 4.78 is 79.4. The second-order valence-corrected chi connectivity index (χ2v) is 20.5. The number of hydrogen-bond acceptors (Lipinski definition) is 18. The smallest absolute Gasteiger partial charge is 0.374 e. The van der Waals surface area contributed by atoms with Gasteiger partial charge in [-0.1, -0.05) is 10.3 Å². The average Bonchev–Trinajstić information content (AvgIpc) is 1.73. The van der Waals surface area contributed by atoms with Crippen molar-refractivity contribution in [3.05, 3.63) is 166 Å². The number of halogens is 5. The van der Waals surface area contributed by atoms with Crippen molar-refractivity contribution in [2.75, 3.05) is 110 Å². The van der Waals surface area contributed by atoms with E-state index in [4.69, 9.17) is 30.9 Å². The number of amides is 6. The zero-order chi connectivity index (χ0) is 66.2. The Morgan fingerprint density at radius 3 is 1.40 bits per heavy atom. The summed E-state index contributed by atoms with van der Waals surface area (Å²) in [5.41, 5.74) is 2.44. The van der Waals surface area contributed by atoms with E-state index >= 15 is 0 Å². The number of morpholine rings is 2. The van der Waals surface area contributed by atoms with Gasteiger partial charge in [0.2, 0.25) is 11.5 Å². The van der Waals surface area contributed by atoms with Gasteiger partial charge in [-0.2, -0.15) is 0 Å². The number of aryl methyl sites for hydroxylation is 4. The average molecular weight is 1300 g/mol. The largest absolute Gasteiger partial charge is 0.857 e. The van der Waals surface area contributed by atoms with Crippen molar-refractivity contribution in [1.29, 1.82) is 0 Å². The fourth-order valence-electron chi connectivity index (χ4n) is 9.02. The Kier molecular flexibility index (Phi) is 22.8. The number of benzene rings is 2. The van der Waals surface area contributed by atoms with Gasteiger partial charge in [-0.25, -0.2) is 22.4 Å². The predicted molar refractivity (Wildman–Crippen MR) is 322 cm³/mol. The maximum atomic E-state index is 13.9. The number of hydrogen-bond donors (Lipinski definition) is 8. The van der Waals surface area contributed by atoms with Crippen LogP contribution in [0, 0.1) is 23.3 Å². The van der Waals surface area contributed by atoms with Gasteiger partial charge in [-0.05, 0) is 48.5 Å². The summed E-state index contributed by atoms with van der Waals surface area (Å²) in [7, 11) is 6.81. The van der Waals surface area contributed by atoms with Crippen LogP contribution in [0.5, 0.6) is 0 Å². The minimum absolute atomic E-state index is 0.171. The molecule has 6 aromatic heterocycles. The molecule has 2 saturated heterocycles. The molecule has 0 spiro atoms. The monoisotopic (exact) mass is 1300 g/mol. The van der Waals surface area contributed by atoms with Gasteiger partial charge in [0, 0.05) is 141 Å². The summed E-state index contributed by atoms with van der Waals surface area (Å²) in [5.74, 6) is -10.1. The van der Waals surface area contributed by atoms with Crippen molar-refractivity contribution in [1.82, 2.24) is 43.7 Å². The van der Waals surface area contributed by atoms with Crippen molar-refractivity contribution in [2.45, 2.75) is 0 Å². The molecule has 92 heavy (non-hydrogen) atoms. The number of rotatable bonds is 20. The number of carboxylic acids is 1. The lowest BCUT2D eigenvalue weighted by Gasteiger charge is -2.26. The molecule has 6 amide bonds. The molecular formula is C58H60ClF4N16O13-. The Hall–Kier alpha value is -10.6. The number of aromatic carboxylic acids is 1. The molecule has 8 N–H and O–H groups in total. The van der Waals surface area contributed by atoms with Gasteiger partial charge in [-0.3, -0.25) is 48.4 Å². The lowest BCUT2D eigenvalue weighted by molar-refractivity contribution is -0.213. The van der Waals surface area contributed by atoms with E-state index in [1.165, 1.54) is 16.8 Å². The van der Waals surface area contributed by atoms with Crippen molar-refractivity contribution in [3.63, 3.8) is 0 Å². The number of carbonyl (C=O) groups excluding carboxylic acids is 6. The Balaban J connectivity index is 0.000000196. The van der Waals surface area contributed by atoms with E-state index in [-0.39, 0.29) is 46.5 Å². The second-order valence-electron chi connectivity index (χ2n) is 20.3. The highest BCUT2D eigenvalue weighted by Gasteiger charge is 2.23. The van der Waals surface area contributed by atoms with Crippen molar-refractivity contribution in [2.24, 2.45) is 33.2 Å². The topological polar surface area (TPSA) is 356 Å².